The molecule has 1 heterocycles. The van der Waals surface area contributed by atoms with E-state index in [1.807, 2.05) is 47.8 Å². The Hall–Kier alpha value is -2.68. The minimum Gasteiger partial charge on any atom is -0.495 e. The predicted molar refractivity (Wildman–Crippen MR) is 110 cm³/mol. The van der Waals surface area contributed by atoms with E-state index in [2.05, 4.69) is 10.0 Å². The molecule has 6 nitrogen and oxygen atoms in total. The van der Waals surface area contributed by atoms with Gasteiger partial charge in [-0.3, -0.25) is 4.79 Å². The van der Waals surface area contributed by atoms with E-state index in [1.54, 1.807) is 0 Å². The molecule has 1 amide bonds. The van der Waals surface area contributed by atoms with Crippen molar-refractivity contribution in [3.63, 3.8) is 0 Å². The molecule has 0 saturated heterocycles. The van der Waals surface area contributed by atoms with E-state index in [0.717, 1.165) is 10.4 Å². The van der Waals surface area contributed by atoms with Gasteiger partial charge in [-0.05, 0) is 35.2 Å². The maximum absolute atomic E-state index is 13.1. The van der Waals surface area contributed by atoms with Gasteiger partial charge in [-0.1, -0.05) is 36.4 Å². The molecule has 0 radical (unpaired) electrons. The molecule has 0 fully saturated rings. The molecule has 0 aliphatic rings. The van der Waals surface area contributed by atoms with Crippen LogP contribution in [0.5, 0.6) is 5.75 Å². The first-order chi connectivity index (χ1) is 13.4. The zero-order valence-corrected chi connectivity index (χ0v) is 17.0. The molecule has 146 valence electrons. The summed E-state index contributed by atoms with van der Waals surface area (Å²) >= 11 is 1.48. The van der Waals surface area contributed by atoms with Crippen molar-refractivity contribution < 1.29 is 17.9 Å². The monoisotopic (exact) mass is 416 g/mol. The Morgan fingerprint density at radius 1 is 1.07 bits per heavy atom. The molecule has 2 N–H and O–H groups in total. The summed E-state index contributed by atoms with van der Waals surface area (Å²) in [5.74, 6) is 0.0635. The summed E-state index contributed by atoms with van der Waals surface area (Å²) in [5, 5.41) is 4.50. The summed E-state index contributed by atoms with van der Waals surface area (Å²) in [6.45, 7) is 1.35. The highest BCUT2D eigenvalue weighted by molar-refractivity contribution is 7.89. The number of carbonyl (C=O) groups excluding carboxylic acids is 1. The van der Waals surface area contributed by atoms with Crippen molar-refractivity contribution in [1.29, 1.82) is 0 Å². The molecule has 2 aromatic carbocycles. The van der Waals surface area contributed by atoms with Gasteiger partial charge in [0.2, 0.25) is 15.9 Å². The van der Waals surface area contributed by atoms with E-state index >= 15 is 0 Å². The molecule has 1 aromatic heterocycles. The van der Waals surface area contributed by atoms with Crippen molar-refractivity contribution in [2.75, 3.05) is 12.4 Å². The first-order valence-electron chi connectivity index (χ1n) is 8.47. The van der Waals surface area contributed by atoms with Crippen LogP contribution < -0.4 is 14.8 Å². The van der Waals surface area contributed by atoms with Gasteiger partial charge in [-0.2, -0.15) is 4.72 Å². The number of nitrogens with one attached hydrogen (secondary N) is 2. The topological polar surface area (TPSA) is 84.5 Å². The highest BCUT2D eigenvalue weighted by atomic mass is 32.2. The van der Waals surface area contributed by atoms with Gasteiger partial charge < -0.3 is 10.1 Å². The van der Waals surface area contributed by atoms with E-state index in [0.29, 0.717) is 11.4 Å². The summed E-state index contributed by atoms with van der Waals surface area (Å²) in [7, 11) is -2.41. The summed E-state index contributed by atoms with van der Waals surface area (Å²) in [6, 6.07) is 17.0. The second-order valence-corrected chi connectivity index (χ2v) is 8.72. The summed E-state index contributed by atoms with van der Waals surface area (Å²) in [5.41, 5.74) is 1.13. The fourth-order valence-corrected chi connectivity index (χ4v) is 4.86. The smallest absolute Gasteiger partial charge is 0.241 e. The van der Waals surface area contributed by atoms with Crippen LogP contribution in [0.15, 0.2) is 70.9 Å². The molecule has 0 spiro atoms. The molecule has 3 rings (SSSR count). The molecule has 0 unspecified atom stereocenters. The summed E-state index contributed by atoms with van der Waals surface area (Å²) < 4.78 is 34.1. The van der Waals surface area contributed by atoms with Crippen LogP contribution in [0.1, 0.15) is 23.4 Å². The van der Waals surface area contributed by atoms with Crippen molar-refractivity contribution in [3.8, 4) is 5.75 Å². The average Bonchev–Trinajstić information content (AvgIpc) is 3.21. The van der Waals surface area contributed by atoms with Crippen LogP contribution in [-0.2, 0) is 14.8 Å². The molecule has 8 heteroatoms. The quantitative estimate of drug-likeness (QED) is 0.614. The van der Waals surface area contributed by atoms with Crippen molar-refractivity contribution in [1.82, 2.24) is 4.72 Å². The number of carbonyl (C=O) groups is 1. The van der Waals surface area contributed by atoms with Gasteiger partial charge in [-0.25, -0.2) is 8.42 Å². The Morgan fingerprint density at radius 2 is 1.82 bits per heavy atom. The number of hydrogen-bond donors (Lipinski definition) is 2. The van der Waals surface area contributed by atoms with Crippen LogP contribution in [0.4, 0.5) is 5.69 Å². The number of benzene rings is 2. The Labute approximate surface area is 168 Å². The molecule has 28 heavy (non-hydrogen) atoms. The number of sulfonamides is 1. The fraction of sp³-hybridized carbons (Fsp3) is 0.150. The zero-order chi connectivity index (χ0) is 20.1. The van der Waals surface area contributed by atoms with Gasteiger partial charge in [0, 0.05) is 11.8 Å². The molecule has 0 aliphatic heterocycles. The van der Waals surface area contributed by atoms with Gasteiger partial charge in [-0.15, -0.1) is 11.3 Å². The van der Waals surface area contributed by atoms with E-state index in [1.165, 1.54) is 43.6 Å². The lowest BCUT2D eigenvalue weighted by atomic mass is 10.1. The fourth-order valence-electron chi connectivity index (χ4n) is 2.76. The van der Waals surface area contributed by atoms with Gasteiger partial charge in [0.05, 0.1) is 23.7 Å². The van der Waals surface area contributed by atoms with Crippen LogP contribution in [0.25, 0.3) is 0 Å². The van der Waals surface area contributed by atoms with Crippen molar-refractivity contribution in [3.05, 3.63) is 76.5 Å². The number of hydrogen-bond acceptors (Lipinski definition) is 5. The third-order valence-corrected chi connectivity index (χ3v) is 6.38. The Balaban J connectivity index is 1.98. The SMILES string of the molecule is COc1ccc(S(=O)(=O)N[C@H](c2ccccc2)c2cccs2)cc1NC(C)=O. The molecule has 1 atom stereocenters. The minimum absolute atomic E-state index is 0.0366. The first-order valence-corrected chi connectivity index (χ1v) is 10.8. The lowest BCUT2D eigenvalue weighted by molar-refractivity contribution is -0.114. The number of amides is 1. The normalized spacial score (nSPS) is 12.4. The molecule has 0 bridgehead atoms. The van der Waals surface area contributed by atoms with Crippen LogP contribution in [0.3, 0.4) is 0 Å². The Morgan fingerprint density at radius 3 is 2.43 bits per heavy atom. The summed E-state index contributed by atoms with van der Waals surface area (Å²) in [6.07, 6.45) is 0. The standard InChI is InChI=1S/C20H20N2O4S2/c1-14(23)21-17-13-16(10-11-18(17)26-2)28(24,25)22-20(19-9-6-12-27-19)15-7-4-3-5-8-15/h3-13,20,22H,1-2H3,(H,21,23)/t20-/m1/s1. The maximum atomic E-state index is 13.1. The second kappa shape index (κ2) is 8.55. The van der Waals surface area contributed by atoms with Gasteiger partial charge >= 0.3 is 0 Å². The zero-order valence-electron chi connectivity index (χ0n) is 15.4. The van der Waals surface area contributed by atoms with Gasteiger partial charge in [0.15, 0.2) is 0 Å². The Kier molecular flexibility index (Phi) is 6.13. The van der Waals surface area contributed by atoms with E-state index in [-0.39, 0.29) is 10.8 Å². The van der Waals surface area contributed by atoms with Crippen LogP contribution in [0.2, 0.25) is 0 Å². The highest BCUT2D eigenvalue weighted by Crippen LogP contribution is 2.31. The third-order valence-electron chi connectivity index (χ3n) is 4.03. The molecule has 3 aromatic rings. The summed E-state index contributed by atoms with van der Waals surface area (Å²) in [4.78, 5) is 12.3. The van der Waals surface area contributed by atoms with Crippen molar-refractivity contribution in [2.24, 2.45) is 0 Å². The lowest BCUT2D eigenvalue weighted by Crippen LogP contribution is -2.29. The van der Waals surface area contributed by atoms with E-state index in [9.17, 15) is 13.2 Å². The molecular weight excluding hydrogens is 396 g/mol. The minimum atomic E-state index is -3.87. The molecular formula is C20H20N2O4S2. The third kappa shape index (κ3) is 4.59. The second-order valence-electron chi connectivity index (χ2n) is 6.02. The maximum Gasteiger partial charge on any atom is 0.241 e. The number of thiophene rings is 1. The molecule has 0 saturated carbocycles. The number of rotatable bonds is 7. The van der Waals surface area contributed by atoms with Crippen molar-refractivity contribution >= 4 is 33.0 Å². The first kappa shape index (κ1) is 20.1. The van der Waals surface area contributed by atoms with Crippen LogP contribution in [0, 0.1) is 0 Å². The van der Waals surface area contributed by atoms with E-state index in [4.69, 9.17) is 4.74 Å². The van der Waals surface area contributed by atoms with Crippen LogP contribution in [-0.4, -0.2) is 21.4 Å². The van der Waals surface area contributed by atoms with E-state index < -0.39 is 16.1 Å². The van der Waals surface area contributed by atoms with Crippen LogP contribution >= 0.6 is 11.3 Å². The number of ether oxygens (including phenoxy) is 1. The number of methoxy groups -OCH3 is 1. The highest BCUT2D eigenvalue weighted by Gasteiger charge is 2.24. The van der Waals surface area contributed by atoms with Crippen molar-refractivity contribution in [2.45, 2.75) is 17.9 Å². The average molecular weight is 417 g/mol. The largest absolute Gasteiger partial charge is 0.495 e. The van der Waals surface area contributed by atoms with Gasteiger partial charge in [0.1, 0.15) is 5.75 Å². The molecule has 0 aliphatic carbocycles. The number of anilines is 1. The Bertz CT molecular complexity index is 1050. The van der Waals surface area contributed by atoms with Gasteiger partial charge in [0.25, 0.3) is 0 Å². The lowest BCUT2D eigenvalue weighted by Gasteiger charge is -2.19. The predicted octanol–water partition coefficient (Wildman–Crippen LogP) is 3.78.